The van der Waals surface area contributed by atoms with E-state index in [0.29, 0.717) is 6.42 Å². The lowest BCUT2D eigenvalue weighted by molar-refractivity contribution is -0.122. The Bertz CT molecular complexity index is 686. The van der Waals surface area contributed by atoms with Gasteiger partial charge in [-0.15, -0.1) is 0 Å². The van der Waals surface area contributed by atoms with Crippen LogP contribution in [-0.2, 0) is 4.79 Å². The van der Waals surface area contributed by atoms with Crippen LogP contribution in [0, 0.1) is 5.92 Å². The van der Waals surface area contributed by atoms with Gasteiger partial charge in [0.2, 0.25) is 5.91 Å². The van der Waals surface area contributed by atoms with Gasteiger partial charge in [-0.3, -0.25) is 4.79 Å². The predicted molar refractivity (Wildman–Crippen MR) is 82.9 cm³/mol. The third kappa shape index (κ3) is 3.72. The molecule has 2 rings (SSSR count). The summed E-state index contributed by atoms with van der Waals surface area (Å²) in [7, 11) is 0. The van der Waals surface area contributed by atoms with E-state index in [-0.39, 0.29) is 29.6 Å². The van der Waals surface area contributed by atoms with E-state index >= 15 is 0 Å². The van der Waals surface area contributed by atoms with Crippen molar-refractivity contribution in [3.63, 3.8) is 0 Å². The molecule has 0 spiro atoms. The van der Waals surface area contributed by atoms with Gasteiger partial charge in [-0.1, -0.05) is 19.9 Å². The molecule has 0 aliphatic carbocycles. The maximum atomic E-state index is 12.0. The number of aromatic nitrogens is 2. The highest BCUT2D eigenvalue weighted by molar-refractivity contribution is 5.78. The Hall–Kier alpha value is -2.08. The summed E-state index contributed by atoms with van der Waals surface area (Å²) in [5.74, 6) is 0.207. The minimum atomic E-state index is -0.234. The minimum Gasteiger partial charge on any atom is -0.350 e. The molecule has 0 radical (unpaired) electrons. The molecule has 1 aromatic carbocycles. The van der Waals surface area contributed by atoms with Gasteiger partial charge in [-0.2, -0.15) is 0 Å². The lowest BCUT2D eigenvalue weighted by Gasteiger charge is -2.18. The van der Waals surface area contributed by atoms with Gasteiger partial charge in [-0.25, -0.2) is 4.79 Å². The number of hydrogen-bond acceptors (Lipinski definition) is 3. The van der Waals surface area contributed by atoms with Crippen LogP contribution in [0.15, 0.2) is 23.0 Å². The lowest BCUT2D eigenvalue weighted by atomic mass is 10.0. The quantitative estimate of drug-likeness (QED) is 0.669. The fourth-order valence-corrected chi connectivity index (χ4v) is 2.15. The molecule has 0 aliphatic heterocycles. The van der Waals surface area contributed by atoms with E-state index in [0.717, 1.165) is 16.6 Å². The molecule has 0 fully saturated rings. The van der Waals surface area contributed by atoms with Gasteiger partial charge in [0, 0.05) is 12.5 Å². The van der Waals surface area contributed by atoms with E-state index < -0.39 is 0 Å². The number of aromatic amines is 2. The monoisotopic (exact) mass is 290 g/mol. The second-order valence-electron chi connectivity index (χ2n) is 5.79. The van der Waals surface area contributed by atoms with Crippen LogP contribution in [0.25, 0.3) is 11.0 Å². The number of nitrogens with one attached hydrogen (secondary N) is 3. The number of hydrogen-bond donors (Lipinski definition) is 4. The van der Waals surface area contributed by atoms with Gasteiger partial charge in [-0.05, 0) is 30.5 Å². The van der Waals surface area contributed by atoms with Crippen LogP contribution in [0.1, 0.15) is 38.8 Å². The molecule has 0 saturated carbocycles. The Balaban J connectivity index is 2.05. The predicted octanol–water partition coefficient (Wildman–Crippen LogP) is 1.41. The van der Waals surface area contributed by atoms with Crippen LogP contribution in [-0.4, -0.2) is 21.9 Å². The van der Waals surface area contributed by atoms with Gasteiger partial charge in [0.05, 0.1) is 17.1 Å². The number of H-pyrrole nitrogens is 2. The Morgan fingerprint density at radius 3 is 2.57 bits per heavy atom. The summed E-state index contributed by atoms with van der Waals surface area (Å²) in [4.78, 5) is 28.6. The van der Waals surface area contributed by atoms with E-state index in [9.17, 15) is 9.59 Å². The van der Waals surface area contributed by atoms with Crippen molar-refractivity contribution >= 4 is 16.9 Å². The van der Waals surface area contributed by atoms with Crippen molar-refractivity contribution < 1.29 is 4.79 Å². The van der Waals surface area contributed by atoms with Crippen molar-refractivity contribution in [1.29, 1.82) is 0 Å². The van der Waals surface area contributed by atoms with Gasteiger partial charge in [0.1, 0.15) is 0 Å². The summed E-state index contributed by atoms with van der Waals surface area (Å²) in [6.07, 6.45) is 0.311. The normalized spacial score (nSPS) is 14.3. The van der Waals surface area contributed by atoms with Crippen LogP contribution in [0.5, 0.6) is 0 Å². The summed E-state index contributed by atoms with van der Waals surface area (Å²) in [5.41, 5.74) is 8.09. The molecule has 6 nitrogen and oxygen atoms in total. The summed E-state index contributed by atoms with van der Waals surface area (Å²) in [5, 5.41) is 2.93. The maximum absolute atomic E-state index is 12.0. The molecule has 2 unspecified atom stereocenters. The number of carbonyl (C=O) groups excluding carboxylic acids is 1. The largest absolute Gasteiger partial charge is 0.350 e. The number of imidazole rings is 1. The van der Waals surface area contributed by atoms with Crippen LogP contribution in [0.2, 0.25) is 0 Å². The van der Waals surface area contributed by atoms with Gasteiger partial charge >= 0.3 is 5.69 Å². The standard InChI is InChI=1S/C15H22N4O2/c1-8(2)11(16)7-14(20)17-9(3)10-4-5-12-13(6-10)19-15(21)18-12/h4-6,8-9,11H,7,16H2,1-3H3,(H,17,20)(H2,18,19,21). The van der Waals surface area contributed by atoms with Crippen molar-refractivity contribution in [2.75, 3.05) is 0 Å². The number of nitrogens with two attached hydrogens (primary N) is 1. The van der Waals surface area contributed by atoms with Crippen molar-refractivity contribution in [2.24, 2.45) is 11.7 Å². The molecule has 2 aromatic rings. The first kappa shape index (κ1) is 15.3. The minimum absolute atomic E-state index is 0.0636. The fourth-order valence-electron chi connectivity index (χ4n) is 2.15. The van der Waals surface area contributed by atoms with Crippen molar-refractivity contribution in [2.45, 2.75) is 39.3 Å². The number of benzene rings is 1. The first-order chi connectivity index (χ1) is 9.86. The third-order valence-corrected chi connectivity index (χ3v) is 3.69. The smallest absolute Gasteiger partial charge is 0.323 e. The molecule has 0 aliphatic rings. The molecule has 2 atom stereocenters. The summed E-state index contributed by atoms with van der Waals surface area (Å²) >= 11 is 0. The molecule has 114 valence electrons. The number of carbonyl (C=O) groups is 1. The lowest BCUT2D eigenvalue weighted by Crippen LogP contribution is -2.35. The summed E-state index contributed by atoms with van der Waals surface area (Å²) < 4.78 is 0. The van der Waals surface area contributed by atoms with Gasteiger partial charge in [0.25, 0.3) is 0 Å². The molecule has 1 amide bonds. The van der Waals surface area contributed by atoms with E-state index in [1.165, 1.54) is 0 Å². The van der Waals surface area contributed by atoms with Crippen LogP contribution in [0.4, 0.5) is 0 Å². The van der Waals surface area contributed by atoms with Crippen molar-refractivity contribution in [3.05, 3.63) is 34.2 Å². The highest BCUT2D eigenvalue weighted by Crippen LogP contribution is 2.17. The first-order valence-corrected chi connectivity index (χ1v) is 7.13. The molecule has 1 heterocycles. The average Bonchev–Trinajstić information content (AvgIpc) is 2.77. The summed E-state index contributed by atoms with van der Waals surface area (Å²) in [6.45, 7) is 5.90. The van der Waals surface area contributed by atoms with Crippen LogP contribution < -0.4 is 16.7 Å². The number of amides is 1. The molecule has 21 heavy (non-hydrogen) atoms. The Morgan fingerprint density at radius 1 is 1.24 bits per heavy atom. The molecule has 0 saturated heterocycles. The Labute approximate surface area is 123 Å². The number of rotatable bonds is 5. The van der Waals surface area contributed by atoms with Crippen LogP contribution >= 0.6 is 0 Å². The zero-order chi connectivity index (χ0) is 15.6. The van der Waals surface area contributed by atoms with Crippen molar-refractivity contribution in [1.82, 2.24) is 15.3 Å². The fraction of sp³-hybridized carbons (Fsp3) is 0.467. The van der Waals surface area contributed by atoms with Crippen molar-refractivity contribution in [3.8, 4) is 0 Å². The Morgan fingerprint density at radius 2 is 1.90 bits per heavy atom. The molecule has 1 aromatic heterocycles. The zero-order valence-corrected chi connectivity index (χ0v) is 12.6. The second kappa shape index (κ2) is 6.13. The molecular weight excluding hydrogens is 268 g/mol. The van der Waals surface area contributed by atoms with Gasteiger partial charge in [0.15, 0.2) is 0 Å². The Kier molecular flexibility index (Phi) is 4.47. The molecular formula is C15H22N4O2. The third-order valence-electron chi connectivity index (χ3n) is 3.69. The molecule has 6 heteroatoms. The maximum Gasteiger partial charge on any atom is 0.323 e. The topological polar surface area (TPSA) is 104 Å². The highest BCUT2D eigenvalue weighted by Gasteiger charge is 2.15. The summed E-state index contributed by atoms with van der Waals surface area (Å²) in [6, 6.07) is 5.30. The van der Waals surface area contributed by atoms with E-state index in [4.69, 9.17) is 5.73 Å². The SMILES string of the molecule is CC(NC(=O)CC(N)C(C)C)c1ccc2[nH]c(=O)[nH]c2c1. The number of fused-ring (bicyclic) bond motifs is 1. The average molecular weight is 290 g/mol. The highest BCUT2D eigenvalue weighted by atomic mass is 16.1. The van der Waals surface area contributed by atoms with Crippen LogP contribution in [0.3, 0.4) is 0 Å². The zero-order valence-electron chi connectivity index (χ0n) is 12.6. The second-order valence-corrected chi connectivity index (χ2v) is 5.79. The molecule has 5 N–H and O–H groups in total. The first-order valence-electron chi connectivity index (χ1n) is 7.13. The van der Waals surface area contributed by atoms with E-state index in [1.54, 1.807) is 0 Å². The van der Waals surface area contributed by atoms with E-state index in [2.05, 4.69) is 15.3 Å². The molecule has 0 bridgehead atoms. The van der Waals surface area contributed by atoms with E-state index in [1.807, 2.05) is 39.0 Å². The van der Waals surface area contributed by atoms with Gasteiger partial charge < -0.3 is 21.0 Å².